The van der Waals surface area contributed by atoms with Crippen LogP contribution in [0.2, 0.25) is 0 Å². The molecule has 6 nitrogen and oxygen atoms in total. The molecule has 1 saturated heterocycles. The highest BCUT2D eigenvalue weighted by Gasteiger charge is 2.18. The highest BCUT2D eigenvalue weighted by atomic mass is 16.5. The van der Waals surface area contributed by atoms with Gasteiger partial charge < -0.3 is 20.6 Å². The van der Waals surface area contributed by atoms with Gasteiger partial charge >= 0.3 is 0 Å². The van der Waals surface area contributed by atoms with Gasteiger partial charge in [0.15, 0.2) is 5.84 Å². The number of amidine groups is 1. The minimum absolute atomic E-state index is 0.0234. The fourth-order valence-electron chi connectivity index (χ4n) is 2.08. The van der Waals surface area contributed by atoms with Crippen molar-refractivity contribution in [3.05, 3.63) is 24.0 Å². The standard InChI is InChI=1S/C12H18N4O2/c1-16(9-4-6-18-7-5-9)10-2-3-11(14-8-10)12(13)15-17/h2-3,8-9,17H,4-7H2,1H3,(H2,13,15). The maximum atomic E-state index is 8.57. The van der Waals surface area contributed by atoms with Gasteiger partial charge in [-0.05, 0) is 25.0 Å². The maximum absolute atomic E-state index is 8.57. The molecule has 0 aromatic carbocycles. The Morgan fingerprint density at radius 3 is 2.78 bits per heavy atom. The van der Waals surface area contributed by atoms with E-state index in [1.165, 1.54) is 0 Å². The van der Waals surface area contributed by atoms with Crippen molar-refractivity contribution in [1.82, 2.24) is 4.98 Å². The lowest BCUT2D eigenvalue weighted by molar-refractivity contribution is 0.0855. The summed E-state index contributed by atoms with van der Waals surface area (Å²) < 4.78 is 5.35. The molecular weight excluding hydrogens is 232 g/mol. The predicted molar refractivity (Wildman–Crippen MR) is 69.0 cm³/mol. The molecule has 6 heteroatoms. The van der Waals surface area contributed by atoms with Crippen LogP contribution in [0.1, 0.15) is 18.5 Å². The van der Waals surface area contributed by atoms with E-state index in [0.717, 1.165) is 31.7 Å². The lowest BCUT2D eigenvalue weighted by Gasteiger charge is -2.32. The predicted octanol–water partition coefficient (Wildman–Crippen LogP) is 0.791. The Morgan fingerprint density at radius 2 is 2.22 bits per heavy atom. The summed E-state index contributed by atoms with van der Waals surface area (Å²) in [6, 6.07) is 4.16. The van der Waals surface area contributed by atoms with E-state index in [-0.39, 0.29) is 5.84 Å². The van der Waals surface area contributed by atoms with Crippen molar-refractivity contribution >= 4 is 11.5 Å². The molecule has 0 aliphatic carbocycles. The van der Waals surface area contributed by atoms with E-state index in [1.807, 2.05) is 6.07 Å². The molecule has 2 heterocycles. The van der Waals surface area contributed by atoms with E-state index in [1.54, 1.807) is 12.3 Å². The van der Waals surface area contributed by atoms with E-state index >= 15 is 0 Å². The zero-order valence-corrected chi connectivity index (χ0v) is 10.4. The van der Waals surface area contributed by atoms with Crippen molar-refractivity contribution in [2.24, 2.45) is 10.9 Å². The van der Waals surface area contributed by atoms with E-state index < -0.39 is 0 Å². The van der Waals surface area contributed by atoms with Crippen molar-refractivity contribution in [1.29, 1.82) is 0 Å². The summed E-state index contributed by atoms with van der Waals surface area (Å²) in [5.74, 6) is 0.0234. The van der Waals surface area contributed by atoms with Crippen LogP contribution in [0.15, 0.2) is 23.5 Å². The first-order valence-corrected chi connectivity index (χ1v) is 5.97. The minimum atomic E-state index is 0.0234. The van der Waals surface area contributed by atoms with Crippen LogP contribution in [-0.4, -0.2) is 42.3 Å². The second-order valence-corrected chi connectivity index (χ2v) is 4.34. The van der Waals surface area contributed by atoms with Gasteiger partial charge in [-0.1, -0.05) is 5.16 Å². The van der Waals surface area contributed by atoms with Crippen LogP contribution in [0.4, 0.5) is 5.69 Å². The number of aromatic nitrogens is 1. The highest BCUT2D eigenvalue weighted by molar-refractivity contribution is 5.95. The molecular formula is C12H18N4O2. The maximum Gasteiger partial charge on any atom is 0.188 e. The van der Waals surface area contributed by atoms with E-state index in [9.17, 15) is 0 Å². The fourth-order valence-corrected chi connectivity index (χ4v) is 2.08. The number of ether oxygens (including phenoxy) is 1. The van der Waals surface area contributed by atoms with Gasteiger partial charge in [-0.15, -0.1) is 0 Å². The van der Waals surface area contributed by atoms with Crippen LogP contribution < -0.4 is 10.6 Å². The second-order valence-electron chi connectivity index (χ2n) is 4.34. The quantitative estimate of drug-likeness (QED) is 0.358. The molecule has 18 heavy (non-hydrogen) atoms. The van der Waals surface area contributed by atoms with Gasteiger partial charge in [0.1, 0.15) is 5.69 Å². The van der Waals surface area contributed by atoms with E-state index in [0.29, 0.717) is 11.7 Å². The van der Waals surface area contributed by atoms with Gasteiger partial charge in [0.25, 0.3) is 0 Å². The monoisotopic (exact) mass is 250 g/mol. The van der Waals surface area contributed by atoms with Crippen molar-refractivity contribution in [2.45, 2.75) is 18.9 Å². The third-order valence-corrected chi connectivity index (χ3v) is 3.26. The van der Waals surface area contributed by atoms with Gasteiger partial charge in [-0.25, -0.2) is 0 Å². The zero-order chi connectivity index (χ0) is 13.0. The number of oxime groups is 1. The van der Waals surface area contributed by atoms with Crippen LogP contribution in [0.3, 0.4) is 0 Å². The summed E-state index contributed by atoms with van der Waals surface area (Å²) in [5.41, 5.74) is 6.97. The molecule has 2 rings (SSSR count). The summed E-state index contributed by atoms with van der Waals surface area (Å²) >= 11 is 0. The number of hydrogen-bond acceptors (Lipinski definition) is 5. The topological polar surface area (TPSA) is 84.0 Å². The average molecular weight is 250 g/mol. The van der Waals surface area contributed by atoms with Crippen LogP contribution in [0.25, 0.3) is 0 Å². The third kappa shape index (κ3) is 2.70. The normalized spacial score (nSPS) is 17.7. The smallest absolute Gasteiger partial charge is 0.188 e. The number of hydrogen-bond donors (Lipinski definition) is 2. The number of rotatable bonds is 3. The molecule has 0 spiro atoms. The Hall–Kier alpha value is -1.82. The Morgan fingerprint density at radius 1 is 1.50 bits per heavy atom. The van der Waals surface area contributed by atoms with Crippen LogP contribution in [0, 0.1) is 0 Å². The molecule has 0 amide bonds. The SMILES string of the molecule is CN(c1ccc(/C(N)=N/O)nc1)C1CCOCC1. The Bertz CT molecular complexity index is 413. The molecule has 0 unspecified atom stereocenters. The summed E-state index contributed by atoms with van der Waals surface area (Å²) in [7, 11) is 2.05. The summed E-state index contributed by atoms with van der Waals surface area (Å²) in [6.45, 7) is 1.62. The molecule has 1 aromatic heterocycles. The summed E-state index contributed by atoms with van der Waals surface area (Å²) in [6.07, 6.45) is 3.79. The molecule has 1 aliphatic rings. The number of nitrogens with two attached hydrogens (primary N) is 1. The van der Waals surface area contributed by atoms with E-state index in [4.69, 9.17) is 15.7 Å². The Kier molecular flexibility index (Phi) is 3.99. The summed E-state index contributed by atoms with van der Waals surface area (Å²) in [5, 5.41) is 11.5. The number of pyridine rings is 1. The number of anilines is 1. The molecule has 3 N–H and O–H groups in total. The van der Waals surface area contributed by atoms with Gasteiger partial charge in [-0.3, -0.25) is 4.98 Å². The van der Waals surface area contributed by atoms with Crippen molar-refractivity contribution < 1.29 is 9.94 Å². The van der Waals surface area contributed by atoms with Crippen LogP contribution in [0.5, 0.6) is 0 Å². The number of nitrogens with zero attached hydrogens (tertiary/aromatic N) is 3. The van der Waals surface area contributed by atoms with Crippen molar-refractivity contribution in [2.75, 3.05) is 25.2 Å². The van der Waals surface area contributed by atoms with Crippen molar-refractivity contribution in [3.63, 3.8) is 0 Å². The molecule has 1 fully saturated rings. The molecule has 0 saturated carbocycles. The van der Waals surface area contributed by atoms with E-state index in [2.05, 4.69) is 22.1 Å². The molecule has 1 aromatic rings. The lowest BCUT2D eigenvalue weighted by atomic mass is 10.1. The first-order chi connectivity index (χ1) is 8.72. The zero-order valence-electron chi connectivity index (χ0n) is 10.4. The van der Waals surface area contributed by atoms with Gasteiger partial charge in [0, 0.05) is 26.3 Å². The largest absolute Gasteiger partial charge is 0.409 e. The second kappa shape index (κ2) is 5.68. The third-order valence-electron chi connectivity index (χ3n) is 3.26. The minimum Gasteiger partial charge on any atom is -0.409 e. The van der Waals surface area contributed by atoms with Crippen LogP contribution in [-0.2, 0) is 4.74 Å². The fraction of sp³-hybridized carbons (Fsp3) is 0.500. The van der Waals surface area contributed by atoms with Gasteiger partial charge in [0.05, 0.1) is 11.9 Å². The molecule has 1 aliphatic heterocycles. The summed E-state index contributed by atoms with van der Waals surface area (Å²) in [4.78, 5) is 6.38. The van der Waals surface area contributed by atoms with Gasteiger partial charge in [-0.2, -0.15) is 0 Å². The Labute approximate surface area is 106 Å². The molecule has 0 radical (unpaired) electrons. The van der Waals surface area contributed by atoms with Crippen molar-refractivity contribution in [3.8, 4) is 0 Å². The molecule has 98 valence electrons. The highest BCUT2D eigenvalue weighted by Crippen LogP contribution is 2.20. The van der Waals surface area contributed by atoms with Crippen LogP contribution >= 0.6 is 0 Å². The lowest BCUT2D eigenvalue weighted by Crippen LogP contribution is -2.36. The Balaban J connectivity index is 2.08. The van der Waals surface area contributed by atoms with Gasteiger partial charge in [0.2, 0.25) is 0 Å². The molecule has 0 atom stereocenters. The average Bonchev–Trinajstić information content (AvgIpc) is 2.47. The first-order valence-electron chi connectivity index (χ1n) is 5.97. The molecule has 0 bridgehead atoms. The first kappa shape index (κ1) is 12.6.